The highest BCUT2D eigenvalue weighted by Gasteiger charge is 2.30. The van der Waals surface area contributed by atoms with Crippen molar-refractivity contribution in [2.75, 3.05) is 39.6 Å². The molecule has 96 heavy (non-hydrogen) atoms. The third-order valence-corrected chi connectivity index (χ3v) is 20.4. The predicted octanol–water partition coefficient (Wildman–Crippen LogP) is 22.4. The van der Waals surface area contributed by atoms with Gasteiger partial charge in [-0.05, 0) is 49.4 Å². The summed E-state index contributed by atoms with van der Waals surface area (Å²) in [5.41, 5.74) is 0. The van der Waals surface area contributed by atoms with Gasteiger partial charge in [-0.1, -0.05) is 338 Å². The van der Waals surface area contributed by atoms with E-state index in [4.69, 9.17) is 37.0 Å². The van der Waals surface area contributed by atoms with E-state index in [2.05, 4.69) is 55.4 Å². The summed E-state index contributed by atoms with van der Waals surface area (Å²) in [6.45, 7) is 14.2. The van der Waals surface area contributed by atoms with E-state index in [0.29, 0.717) is 25.7 Å². The van der Waals surface area contributed by atoms with Crippen molar-refractivity contribution in [3.8, 4) is 0 Å². The summed E-state index contributed by atoms with van der Waals surface area (Å²) in [5, 5.41) is 10.6. The van der Waals surface area contributed by atoms with Crippen LogP contribution < -0.4 is 0 Å². The van der Waals surface area contributed by atoms with Crippen molar-refractivity contribution in [3.63, 3.8) is 0 Å². The second-order valence-electron chi connectivity index (χ2n) is 29.2. The molecule has 17 nitrogen and oxygen atoms in total. The predicted molar refractivity (Wildman–Crippen MR) is 391 cm³/mol. The Kier molecular flexibility index (Phi) is 65.0. The Morgan fingerprint density at radius 1 is 0.292 bits per heavy atom. The molecule has 0 spiro atoms. The smallest absolute Gasteiger partial charge is 0.462 e. The Hall–Kier alpha value is -1.94. The van der Waals surface area contributed by atoms with Gasteiger partial charge in [0.05, 0.1) is 26.4 Å². The summed E-state index contributed by atoms with van der Waals surface area (Å²) < 4.78 is 68.6. The van der Waals surface area contributed by atoms with Gasteiger partial charge in [0, 0.05) is 25.7 Å². The minimum atomic E-state index is -4.96. The number of unbranched alkanes of at least 4 members (excludes halogenated alkanes) is 38. The van der Waals surface area contributed by atoms with E-state index in [-0.39, 0.29) is 25.7 Å². The average molecular weight is 1410 g/mol. The number of aliphatic hydroxyl groups is 1. The van der Waals surface area contributed by atoms with Crippen LogP contribution in [0.2, 0.25) is 0 Å². The van der Waals surface area contributed by atoms with Crippen LogP contribution in [-0.2, 0) is 65.4 Å². The summed E-state index contributed by atoms with van der Waals surface area (Å²) in [7, 11) is -9.92. The van der Waals surface area contributed by atoms with Gasteiger partial charge in [-0.2, -0.15) is 0 Å². The van der Waals surface area contributed by atoms with Crippen LogP contribution in [0.25, 0.3) is 0 Å². The maximum absolute atomic E-state index is 13.1. The highest BCUT2D eigenvalue weighted by atomic mass is 31.2. The largest absolute Gasteiger partial charge is 0.472 e. The molecule has 0 amide bonds. The fourth-order valence-corrected chi connectivity index (χ4v) is 13.2. The number of esters is 4. The van der Waals surface area contributed by atoms with E-state index in [1.807, 2.05) is 0 Å². The molecule has 0 aliphatic carbocycles. The van der Waals surface area contributed by atoms with Gasteiger partial charge in [-0.25, -0.2) is 9.13 Å². The molecule has 19 heteroatoms. The number of aliphatic hydroxyl groups excluding tert-OH is 1. The Balaban J connectivity index is 5.26. The van der Waals surface area contributed by atoms with E-state index in [9.17, 15) is 43.2 Å². The topological polar surface area (TPSA) is 237 Å². The number of ether oxygens (including phenoxy) is 4. The fraction of sp³-hybridized carbons (Fsp3) is 0.948. The van der Waals surface area contributed by atoms with Crippen LogP contribution in [0.3, 0.4) is 0 Å². The van der Waals surface area contributed by atoms with Crippen molar-refractivity contribution in [3.05, 3.63) is 0 Å². The fourth-order valence-electron chi connectivity index (χ4n) is 11.7. The number of phosphoric ester groups is 2. The summed E-state index contributed by atoms with van der Waals surface area (Å²) in [6, 6.07) is 0. The first-order valence-electron chi connectivity index (χ1n) is 39.8. The number of carbonyl (C=O) groups excluding carboxylic acids is 4. The maximum Gasteiger partial charge on any atom is 0.472 e. The lowest BCUT2D eigenvalue weighted by molar-refractivity contribution is -0.161. The van der Waals surface area contributed by atoms with E-state index in [1.165, 1.54) is 186 Å². The van der Waals surface area contributed by atoms with Crippen molar-refractivity contribution < 1.29 is 80.2 Å². The lowest BCUT2D eigenvalue weighted by Crippen LogP contribution is -2.30. The molecule has 570 valence electrons. The van der Waals surface area contributed by atoms with Gasteiger partial charge >= 0.3 is 39.5 Å². The van der Waals surface area contributed by atoms with Crippen molar-refractivity contribution in [2.24, 2.45) is 23.7 Å². The summed E-state index contributed by atoms with van der Waals surface area (Å²) >= 11 is 0. The Bertz CT molecular complexity index is 1890. The highest BCUT2D eigenvalue weighted by molar-refractivity contribution is 7.47. The average Bonchev–Trinajstić information content (AvgIpc) is 1.23. The molecule has 0 saturated carbocycles. The van der Waals surface area contributed by atoms with Crippen LogP contribution in [0.15, 0.2) is 0 Å². The van der Waals surface area contributed by atoms with Crippen LogP contribution in [-0.4, -0.2) is 96.7 Å². The maximum atomic E-state index is 13.1. The third kappa shape index (κ3) is 67.9. The van der Waals surface area contributed by atoms with Crippen LogP contribution in [0.5, 0.6) is 0 Å². The summed E-state index contributed by atoms with van der Waals surface area (Å²) in [5.74, 6) is 0.994. The molecule has 3 N–H and O–H groups in total. The van der Waals surface area contributed by atoms with Crippen molar-refractivity contribution in [2.45, 2.75) is 408 Å². The molecule has 4 unspecified atom stereocenters. The first-order chi connectivity index (χ1) is 46.2. The van der Waals surface area contributed by atoms with Crippen LogP contribution in [0.4, 0.5) is 0 Å². The molecule has 0 radical (unpaired) electrons. The molecule has 0 aromatic carbocycles. The molecule has 0 rings (SSSR count). The minimum Gasteiger partial charge on any atom is -0.462 e. The Morgan fingerprint density at radius 2 is 0.500 bits per heavy atom. The zero-order valence-electron chi connectivity index (χ0n) is 63.0. The zero-order valence-corrected chi connectivity index (χ0v) is 64.8. The van der Waals surface area contributed by atoms with Gasteiger partial charge in [-0.15, -0.1) is 0 Å². The molecule has 0 saturated heterocycles. The van der Waals surface area contributed by atoms with Crippen LogP contribution in [0, 0.1) is 23.7 Å². The minimum absolute atomic E-state index is 0.106. The van der Waals surface area contributed by atoms with Crippen molar-refractivity contribution in [1.82, 2.24) is 0 Å². The van der Waals surface area contributed by atoms with Crippen molar-refractivity contribution >= 4 is 39.5 Å². The Labute approximate surface area is 588 Å². The number of hydrogen-bond donors (Lipinski definition) is 3. The molecule has 7 atom stereocenters. The standard InChI is InChI=1S/C77H150O17P2/c1-9-69(7)55-47-39-31-25-21-22-26-32-41-49-57-74(79)87-63-72(93-76(81)59-51-43-33-27-19-15-11-13-17-23-29-37-45-53-67(3)4)65-91-95(83,84)89-61-71(78)62-90-96(85,86)92-66-73(64-88-75(80)58-50-42-36-35-40-48-56-70(8)10-2)94-77(82)60-52-44-34-28-20-16-12-14-18-24-30-38-46-54-68(5)6/h67-73,78H,9-66H2,1-8H3,(H,83,84)(H,85,86)/t69?,70?,71-,72-,73-/m1/s1. The molecular formula is C77H150O17P2. The van der Waals surface area contributed by atoms with E-state index in [0.717, 1.165) is 120 Å². The molecule has 0 aliphatic heterocycles. The zero-order chi connectivity index (χ0) is 71.0. The molecule has 0 aromatic rings. The SMILES string of the molecule is CCC(C)CCCCCCCCCCCCC(=O)OC[C@H](COP(=O)(O)OC[C@@H](O)COP(=O)(O)OC[C@@H](COC(=O)CCCCCCCCC(C)CC)OC(=O)CCCCCCCCCCCCCCCC(C)C)OC(=O)CCCCCCCCCCCCCCCC(C)C. The number of carbonyl (C=O) groups is 4. The second-order valence-corrected chi connectivity index (χ2v) is 32.1. The van der Waals surface area contributed by atoms with Gasteiger partial charge in [0.15, 0.2) is 12.2 Å². The number of rotatable bonds is 74. The lowest BCUT2D eigenvalue weighted by Gasteiger charge is -2.21. The van der Waals surface area contributed by atoms with E-state index >= 15 is 0 Å². The van der Waals surface area contributed by atoms with Crippen LogP contribution >= 0.6 is 15.6 Å². The molecule has 0 aliphatic rings. The molecule has 0 aromatic heterocycles. The molecule has 0 fully saturated rings. The molecule has 0 heterocycles. The monoisotopic (exact) mass is 1410 g/mol. The summed E-state index contributed by atoms with van der Waals surface area (Å²) in [4.78, 5) is 72.9. The second kappa shape index (κ2) is 66.3. The van der Waals surface area contributed by atoms with E-state index < -0.39 is 97.5 Å². The van der Waals surface area contributed by atoms with Gasteiger partial charge in [-0.3, -0.25) is 37.3 Å². The van der Waals surface area contributed by atoms with Gasteiger partial charge < -0.3 is 33.8 Å². The quantitative estimate of drug-likeness (QED) is 0.0222. The third-order valence-electron chi connectivity index (χ3n) is 18.5. The molecule has 0 bridgehead atoms. The number of phosphoric acid groups is 2. The van der Waals surface area contributed by atoms with Crippen LogP contribution in [0.1, 0.15) is 389 Å². The first kappa shape index (κ1) is 94.1. The first-order valence-corrected chi connectivity index (χ1v) is 42.8. The van der Waals surface area contributed by atoms with Crippen molar-refractivity contribution in [1.29, 1.82) is 0 Å². The highest BCUT2D eigenvalue weighted by Crippen LogP contribution is 2.45. The normalized spacial score (nSPS) is 14.7. The molecular weight excluding hydrogens is 1260 g/mol. The summed E-state index contributed by atoms with van der Waals surface area (Å²) in [6.07, 6.45) is 51.2. The van der Waals surface area contributed by atoms with Gasteiger partial charge in [0.25, 0.3) is 0 Å². The van der Waals surface area contributed by atoms with Gasteiger partial charge in [0.1, 0.15) is 19.3 Å². The Morgan fingerprint density at radius 3 is 0.740 bits per heavy atom. The van der Waals surface area contributed by atoms with Gasteiger partial charge in [0.2, 0.25) is 0 Å². The number of hydrogen-bond acceptors (Lipinski definition) is 15. The van der Waals surface area contributed by atoms with E-state index in [1.54, 1.807) is 0 Å². The lowest BCUT2D eigenvalue weighted by atomic mass is 9.99.